The Morgan fingerprint density at radius 1 is 1.56 bits per heavy atom. The molecular formula is C7H14S2. The third-order valence-electron chi connectivity index (χ3n) is 1.46. The van der Waals surface area contributed by atoms with Crippen LogP contribution in [0.5, 0.6) is 0 Å². The van der Waals surface area contributed by atoms with Gasteiger partial charge in [-0.25, -0.2) is 0 Å². The molecule has 0 amide bonds. The molecule has 0 aliphatic carbocycles. The molecule has 2 heteroatoms. The molecule has 1 unspecified atom stereocenters. The van der Waals surface area contributed by atoms with E-state index < -0.39 is 0 Å². The first-order chi connectivity index (χ1) is 4.29. The smallest absolute Gasteiger partial charge is 0.0162 e. The molecule has 0 N–H and O–H groups in total. The highest BCUT2D eigenvalue weighted by Gasteiger charge is 2.16. The molecule has 1 rings (SSSR count). The van der Waals surface area contributed by atoms with E-state index in [2.05, 4.69) is 24.6 Å². The van der Waals surface area contributed by atoms with Crippen molar-refractivity contribution < 1.29 is 0 Å². The lowest BCUT2D eigenvalue weighted by atomic mass is 10.1. The van der Waals surface area contributed by atoms with Crippen LogP contribution in [-0.2, 0) is 0 Å². The fourth-order valence-corrected chi connectivity index (χ4v) is 4.23. The summed E-state index contributed by atoms with van der Waals surface area (Å²) in [7, 11) is 4.13. The molecule has 9 heavy (non-hydrogen) atoms. The zero-order valence-corrected chi connectivity index (χ0v) is 7.73. The summed E-state index contributed by atoms with van der Waals surface area (Å²) in [6.07, 6.45) is 2.85. The third-order valence-corrected chi connectivity index (χ3v) is 4.43. The van der Waals surface area contributed by atoms with Crippen LogP contribution in [-0.4, -0.2) is 11.0 Å². The maximum atomic E-state index is 2.31. The van der Waals surface area contributed by atoms with Crippen LogP contribution in [0.3, 0.4) is 0 Å². The average Bonchev–Trinajstić information content (AvgIpc) is 2.15. The van der Waals surface area contributed by atoms with Gasteiger partial charge in [0.05, 0.1) is 0 Å². The van der Waals surface area contributed by atoms with Crippen LogP contribution < -0.4 is 0 Å². The van der Waals surface area contributed by atoms with Crippen molar-refractivity contribution in [3.8, 4) is 0 Å². The molecule has 0 aromatic heterocycles. The first kappa shape index (κ1) is 7.80. The Bertz CT molecular complexity index is 75.0. The molecule has 1 heterocycles. The lowest BCUT2D eigenvalue weighted by Gasteiger charge is -2.08. The van der Waals surface area contributed by atoms with Gasteiger partial charge in [0.2, 0.25) is 0 Å². The van der Waals surface area contributed by atoms with Crippen LogP contribution in [0.2, 0.25) is 0 Å². The second kappa shape index (κ2) is 3.77. The van der Waals surface area contributed by atoms with Gasteiger partial charge >= 0.3 is 0 Å². The molecule has 0 aromatic carbocycles. The van der Waals surface area contributed by atoms with Gasteiger partial charge in [-0.15, -0.1) is 0 Å². The maximum absolute atomic E-state index is 2.31. The van der Waals surface area contributed by atoms with E-state index in [0.717, 1.165) is 11.2 Å². The average molecular weight is 162 g/mol. The fourth-order valence-electron chi connectivity index (χ4n) is 1.05. The lowest BCUT2D eigenvalue weighted by Crippen LogP contribution is -2.01. The molecule has 0 nitrogen and oxygen atoms in total. The fraction of sp³-hybridized carbons (Fsp3) is 1.00. The SMILES string of the molecule is CC(C)CC1CCSS1. The Kier molecular flexibility index (Phi) is 3.27. The highest BCUT2D eigenvalue weighted by atomic mass is 33.1. The standard InChI is InChI=1S/C7H14S2/c1-6(2)5-7-3-4-8-9-7/h6-7H,3-5H2,1-2H3. The third kappa shape index (κ3) is 2.85. The molecule has 0 radical (unpaired) electrons. The number of rotatable bonds is 2. The van der Waals surface area contributed by atoms with Gasteiger partial charge in [0.25, 0.3) is 0 Å². The van der Waals surface area contributed by atoms with Crippen molar-refractivity contribution in [2.45, 2.75) is 31.9 Å². The summed E-state index contributed by atoms with van der Waals surface area (Å²) >= 11 is 0. The topological polar surface area (TPSA) is 0 Å². The molecular weight excluding hydrogens is 148 g/mol. The van der Waals surface area contributed by atoms with Gasteiger partial charge in [-0.3, -0.25) is 0 Å². The lowest BCUT2D eigenvalue weighted by molar-refractivity contribution is 0.566. The van der Waals surface area contributed by atoms with Gasteiger partial charge in [-0.05, 0) is 18.8 Å². The summed E-state index contributed by atoms with van der Waals surface area (Å²) < 4.78 is 0. The molecule has 0 saturated carbocycles. The molecule has 54 valence electrons. The first-order valence-corrected chi connectivity index (χ1v) is 5.95. The zero-order valence-electron chi connectivity index (χ0n) is 6.09. The van der Waals surface area contributed by atoms with Gasteiger partial charge in [0.15, 0.2) is 0 Å². The molecule has 1 aliphatic rings. The Morgan fingerprint density at radius 3 is 2.78 bits per heavy atom. The maximum Gasteiger partial charge on any atom is 0.0162 e. The van der Waals surface area contributed by atoms with Crippen LogP contribution in [0.15, 0.2) is 0 Å². The Labute approximate surface area is 65.6 Å². The summed E-state index contributed by atoms with van der Waals surface area (Å²) in [5.41, 5.74) is 0. The van der Waals surface area contributed by atoms with Crippen LogP contribution >= 0.6 is 21.6 Å². The summed E-state index contributed by atoms with van der Waals surface area (Å²) in [6, 6.07) is 0. The number of hydrogen-bond donors (Lipinski definition) is 0. The van der Waals surface area contributed by atoms with Crippen molar-refractivity contribution >= 4 is 21.6 Å². The highest BCUT2D eigenvalue weighted by molar-refractivity contribution is 8.77. The molecule has 0 aromatic rings. The molecule has 0 spiro atoms. The highest BCUT2D eigenvalue weighted by Crippen LogP contribution is 2.40. The minimum absolute atomic E-state index is 0.890. The van der Waals surface area contributed by atoms with Crippen LogP contribution in [0, 0.1) is 5.92 Å². The van der Waals surface area contributed by atoms with E-state index in [0.29, 0.717) is 0 Å². The Morgan fingerprint density at radius 2 is 2.33 bits per heavy atom. The van der Waals surface area contributed by atoms with E-state index in [1.165, 1.54) is 18.6 Å². The van der Waals surface area contributed by atoms with Crippen molar-refractivity contribution in [3.05, 3.63) is 0 Å². The molecule has 1 atom stereocenters. The van der Waals surface area contributed by atoms with Gasteiger partial charge in [-0.1, -0.05) is 35.4 Å². The van der Waals surface area contributed by atoms with Crippen molar-refractivity contribution in [2.75, 3.05) is 5.75 Å². The van der Waals surface area contributed by atoms with Crippen molar-refractivity contribution in [1.82, 2.24) is 0 Å². The quantitative estimate of drug-likeness (QED) is 0.572. The van der Waals surface area contributed by atoms with E-state index >= 15 is 0 Å². The predicted molar refractivity (Wildman–Crippen MR) is 47.9 cm³/mol. The second-order valence-corrected chi connectivity index (χ2v) is 5.75. The minimum Gasteiger partial charge on any atom is -0.0938 e. The summed E-state index contributed by atoms with van der Waals surface area (Å²) in [5, 5.41) is 0.968. The largest absolute Gasteiger partial charge is 0.0938 e. The van der Waals surface area contributed by atoms with Crippen molar-refractivity contribution in [1.29, 1.82) is 0 Å². The van der Waals surface area contributed by atoms with Crippen molar-refractivity contribution in [3.63, 3.8) is 0 Å². The Hall–Kier alpha value is 0.700. The van der Waals surface area contributed by atoms with Gasteiger partial charge < -0.3 is 0 Å². The summed E-state index contributed by atoms with van der Waals surface area (Å²) in [6.45, 7) is 4.62. The predicted octanol–water partition coefficient (Wildman–Crippen LogP) is 3.19. The normalized spacial score (nSPS) is 27.7. The molecule has 1 aliphatic heterocycles. The molecule has 1 saturated heterocycles. The monoisotopic (exact) mass is 162 g/mol. The van der Waals surface area contributed by atoms with Crippen LogP contribution in [0.25, 0.3) is 0 Å². The Balaban J connectivity index is 2.11. The van der Waals surface area contributed by atoms with E-state index in [4.69, 9.17) is 0 Å². The van der Waals surface area contributed by atoms with Crippen molar-refractivity contribution in [2.24, 2.45) is 5.92 Å². The summed E-state index contributed by atoms with van der Waals surface area (Å²) in [5.74, 6) is 2.27. The molecule has 1 fully saturated rings. The molecule has 0 bridgehead atoms. The minimum atomic E-state index is 0.890. The van der Waals surface area contributed by atoms with Gasteiger partial charge in [0.1, 0.15) is 0 Å². The van der Waals surface area contributed by atoms with Crippen LogP contribution in [0.4, 0.5) is 0 Å². The zero-order chi connectivity index (χ0) is 6.69. The first-order valence-electron chi connectivity index (χ1n) is 3.57. The summed E-state index contributed by atoms with van der Waals surface area (Å²) in [4.78, 5) is 0. The van der Waals surface area contributed by atoms with Gasteiger partial charge in [0, 0.05) is 11.0 Å². The second-order valence-electron chi connectivity index (χ2n) is 2.96. The van der Waals surface area contributed by atoms with E-state index in [1.807, 2.05) is 10.8 Å². The van der Waals surface area contributed by atoms with E-state index in [-0.39, 0.29) is 0 Å². The number of hydrogen-bond acceptors (Lipinski definition) is 2. The van der Waals surface area contributed by atoms with E-state index in [9.17, 15) is 0 Å². The van der Waals surface area contributed by atoms with Crippen LogP contribution in [0.1, 0.15) is 26.7 Å². The van der Waals surface area contributed by atoms with E-state index in [1.54, 1.807) is 0 Å². The van der Waals surface area contributed by atoms with Gasteiger partial charge in [-0.2, -0.15) is 0 Å².